The molecule has 2 N–H and O–H groups in total. The molecule has 0 saturated carbocycles. The number of thiophene rings is 1. The molecule has 0 fully saturated rings. The molecule has 0 atom stereocenters. The third-order valence-electron chi connectivity index (χ3n) is 6.77. The average Bonchev–Trinajstić information content (AvgIpc) is 3.34. The van der Waals surface area contributed by atoms with Gasteiger partial charge in [0, 0.05) is 35.8 Å². The smallest absolute Gasteiger partial charge is 0.341 e. The van der Waals surface area contributed by atoms with Crippen molar-refractivity contribution in [2.75, 3.05) is 30.8 Å². The summed E-state index contributed by atoms with van der Waals surface area (Å²) in [6.07, 6.45) is 0.669. The Balaban J connectivity index is 0.00000405. The van der Waals surface area contributed by atoms with Crippen LogP contribution in [-0.4, -0.2) is 46.0 Å². The third kappa shape index (κ3) is 6.93. The van der Waals surface area contributed by atoms with Crippen molar-refractivity contribution in [3.05, 3.63) is 106 Å². The van der Waals surface area contributed by atoms with Crippen LogP contribution in [0.5, 0.6) is 5.75 Å². The first-order valence-electron chi connectivity index (χ1n) is 12.8. The van der Waals surface area contributed by atoms with Crippen LogP contribution in [0.4, 0.5) is 10.7 Å². The zero-order valence-electron chi connectivity index (χ0n) is 23.0. The van der Waals surface area contributed by atoms with Crippen molar-refractivity contribution in [2.45, 2.75) is 24.4 Å². The van der Waals surface area contributed by atoms with Gasteiger partial charge in [0.2, 0.25) is 0 Å². The number of anilines is 2. The molecule has 1 amide bonds. The standard InChI is InChI=1S/C30H29N3O6S2.ClH/c1-38-23-12-14-24(15-13-23)41(36,37)32-22-10-8-21(9-11-22)28(34)31-29-27(30(35)39-2)25-16-17-33(19-26(25)40-29)18-20-6-4-3-5-7-20;/h3-15,32H,16-19H2,1-2H3,(H,31,34);1H. The Morgan fingerprint density at radius 1 is 0.952 bits per heavy atom. The van der Waals surface area contributed by atoms with Crippen LogP contribution in [0.3, 0.4) is 0 Å². The van der Waals surface area contributed by atoms with Crippen LogP contribution in [0.1, 0.15) is 36.7 Å². The van der Waals surface area contributed by atoms with Crippen molar-refractivity contribution < 1.29 is 27.5 Å². The molecule has 220 valence electrons. The number of nitrogens with one attached hydrogen (secondary N) is 2. The number of hydrogen-bond acceptors (Lipinski definition) is 8. The fourth-order valence-electron chi connectivity index (χ4n) is 4.67. The number of benzene rings is 3. The fraction of sp³-hybridized carbons (Fsp3) is 0.200. The van der Waals surface area contributed by atoms with E-state index < -0.39 is 21.9 Å². The summed E-state index contributed by atoms with van der Waals surface area (Å²) in [6, 6.07) is 22.3. The molecule has 5 rings (SSSR count). The van der Waals surface area contributed by atoms with Gasteiger partial charge in [-0.25, -0.2) is 13.2 Å². The molecule has 3 aromatic carbocycles. The monoisotopic (exact) mass is 627 g/mol. The number of methoxy groups -OCH3 is 2. The summed E-state index contributed by atoms with van der Waals surface area (Å²) in [5.74, 6) is -0.358. The summed E-state index contributed by atoms with van der Waals surface area (Å²) in [5, 5.41) is 3.32. The van der Waals surface area contributed by atoms with Gasteiger partial charge in [-0.05, 0) is 66.1 Å². The molecule has 0 spiro atoms. The fourth-order valence-corrected chi connectivity index (χ4v) is 7.00. The summed E-state index contributed by atoms with van der Waals surface area (Å²) in [7, 11) is -0.994. The number of nitrogens with zero attached hydrogens (tertiary/aromatic N) is 1. The Hall–Kier alpha value is -3.90. The Labute approximate surface area is 254 Å². The lowest BCUT2D eigenvalue weighted by Crippen LogP contribution is -2.29. The first-order chi connectivity index (χ1) is 19.8. The third-order valence-corrected chi connectivity index (χ3v) is 9.30. The van der Waals surface area contributed by atoms with E-state index >= 15 is 0 Å². The lowest BCUT2D eigenvalue weighted by Gasteiger charge is -2.27. The second kappa shape index (κ2) is 13.4. The second-order valence-corrected chi connectivity index (χ2v) is 12.2. The highest BCUT2D eigenvalue weighted by Crippen LogP contribution is 2.38. The van der Waals surface area contributed by atoms with Crippen LogP contribution in [-0.2, 0) is 34.3 Å². The van der Waals surface area contributed by atoms with Gasteiger partial charge >= 0.3 is 5.97 Å². The molecule has 1 aliphatic heterocycles. The number of hydrogen-bond donors (Lipinski definition) is 2. The van der Waals surface area contributed by atoms with E-state index in [2.05, 4.69) is 27.1 Å². The maximum atomic E-state index is 13.2. The predicted molar refractivity (Wildman–Crippen MR) is 165 cm³/mol. The van der Waals surface area contributed by atoms with E-state index in [1.165, 1.54) is 67.5 Å². The van der Waals surface area contributed by atoms with Gasteiger partial charge in [0.1, 0.15) is 10.8 Å². The molecule has 4 aromatic rings. The van der Waals surface area contributed by atoms with E-state index in [-0.39, 0.29) is 17.3 Å². The van der Waals surface area contributed by atoms with Crippen LogP contribution in [0.15, 0.2) is 83.8 Å². The van der Waals surface area contributed by atoms with Gasteiger partial charge in [-0.3, -0.25) is 14.4 Å². The molecule has 12 heteroatoms. The Kier molecular flexibility index (Phi) is 9.89. The number of rotatable bonds is 9. The van der Waals surface area contributed by atoms with E-state index in [4.69, 9.17) is 9.47 Å². The van der Waals surface area contributed by atoms with E-state index in [0.29, 0.717) is 40.5 Å². The number of fused-ring (bicyclic) bond motifs is 1. The zero-order chi connectivity index (χ0) is 29.0. The first kappa shape index (κ1) is 31.0. The number of esters is 1. The molecule has 0 saturated heterocycles. The maximum Gasteiger partial charge on any atom is 0.341 e. The molecule has 0 aliphatic carbocycles. The van der Waals surface area contributed by atoms with Crippen molar-refractivity contribution in [3.63, 3.8) is 0 Å². The Morgan fingerprint density at radius 2 is 1.64 bits per heavy atom. The van der Waals surface area contributed by atoms with Crippen molar-refractivity contribution >= 4 is 56.3 Å². The van der Waals surface area contributed by atoms with Gasteiger partial charge in [-0.2, -0.15) is 0 Å². The molecular weight excluding hydrogens is 598 g/mol. The van der Waals surface area contributed by atoms with E-state index in [0.717, 1.165) is 23.5 Å². The molecule has 9 nitrogen and oxygen atoms in total. The van der Waals surface area contributed by atoms with Gasteiger partial charge in [0.15, 0.2) is 0 Å². The summed E-state index contributed by atoms with van der Waals surface area (Å²) in [6.45, 7) is 2.24. The predicted octanol–water partition coefficient (Wildman–Crippen LogP) is 5.58. The summed E-state index contributed by atoms with van der Waals surface area (Å²) in [5.41, 5.74) is 3.13. The van der Waals surface area contributed by atoms with Crippen molar-refractivity contribution in [3.8, 4) is 5.75 Å². The van der Waals surface area contributed by atoms with Gasteiger partial charge in [-0.1, -0.05) is 30.3 Å². The Morgan fingerprint density at radius 3 is 2.29 bits per heavy atom. The molecule has 0 radical (unpaired) electrons. The number of halogens is 1. The van der Waals surface area contributed by atoms with Crippen LogP contribution in [0, 0.1) is 0 Å². The van der Waals surface area contributed by atoms with Gasteiger partial charge < -0.3 is 14.8 Å². The highest BCUT2D eigenvalue weighted by molar-refractivity contribution is 7.92. The largest absolute Gasteiger partial charge is 0.497 e. The maximum absolute atomic E-state index is 13.2. The molecular formula is C30H30ClN3O6S2. The highest BCUT2D eigenvalue weighted by atomic mass is 35.5. The zero-order valence-corrected chi connectivity index (χ0v) is 25.4. The van der Waals surface area contributed by atoms with E-state index in [9.17, 15) is 18.0 Å². The first-order valence-corrected chi connectivity index (χ1v) is 15.1. The van der Waals surface area contributed by atoms with Crippen LogP contribution in [0.2, 0.25) is 0 Å². The minimum Gasteiger partial charge on any atom is -0.497 e. The lowest BCUT2D eigenvalue weighted by molar-refractivity contribution is 0.0600. The van der Waals surface area contributed by atoms with Crippen molar-refractivity contribution in [1.29, 1.82) is 0 Å². The Bertz CT molecular complexity index is 1660. The molecule has 0 bridgehead atoms. The molecule has 1 aromatic heterocycles. The topological polar surface area (TPSA) is 114 Å². The quantitative estimate of drug-likeness (QED) is 0.233. The van der Waals surface area contributed by atoms with Crippen molar-refractivity contribution in [1.82, 2.24) is 4.90 Å². The van der Waals surface area contributed by atoms with Crippen molar-refractivity contribution in [2.24, 2.45) is 0 Å². The van der Waals surface area contributed by atoms with Gasteiger partial charge in [0.05, 0.1) is 24.7 Å². The number of carbonyl (C=O) groups excluding carboxylic acids is 2. The van der Waals surface area contributed by atoms with Crippen LogP contribution >= 0.6 is 23.7 Å². The van der Waals surface area contributed by atoms with Crippen LogP contribution in [0.25, 0.3) is 0 Å². The summed E-state index contributed by atoms with van der Waals surface area (Å²) >= 11 is 1.38. The van der Waals surface area contributed by atoms with E-state index in [1.807, 2.05) is 18.2 Å². The summed E-state index contributed by atoms with van der Waals surface area (Å²) < 4.78 is 38.1. The number of carbonyl (C=O) groups is 2. The molecule has 0 unspecified atom stereocenters. The van der Waals surface area contributed by atoms with Gasteiger partial charge in [0.25, 0.3) is 15.9 Å². The second-order valence-electron chi connectivity index (χ2n) is 9.46. The number of sulfonamides is 1. The number of amides is 1. The normalized spacial score (nSPS) is 12.9. The molecule has 1 aliphatic rings. The average molecular weight is 628 g/mol. The molecule has 2 heterocycles. The number of ether oxygens (including phenoxy) is 2. The van der Waals surface area contributed by atoms with E-state index in [1.54, 1.807) is 12.1 Å². The summed E-state index contributed by atoms with van der Waals surface area (Å²) in [4.78, 5) is 29.3. The van der Waals surface area contributed by atoms with Gasteiger partial charge in [-0.15, -0.1) is 23.7 Å². The van der Waals surface area contributed by atoms with Crippen LogP contribution < -0.4 is 14.8 Å². The SMILES string of the molecule is COC(=O)c1c(NC(=O)c2ccc(NS(=O)(=O)c3ccc(OC)cc3)cc2)sc2c1CCN(Cc1ccccc1)C2.Cl. The lowest BCUT2D eigenvalue weighted by atomic mass is 10.0. The minimum atomic E-state index is -3.82. The highest BCUT2D eigenvalue weighted by Gasteiger charge is 2.29. The minimum absolute atomic E-state index is 0. The molecule has 42 heavy (non-hydrogen) atoms.